The summed E-state index contributed by atoms with van der Waals surface area (Å²) in [7, 11) is 1.63. The van der Waals surface area contributed by atoms with Crippen molar-refractivity contribution in [2.45, 2.75) is 29.7 Å². The molecule has 25 heavy (non-hydrogen) atoms. The second-order valence-electron chi connectivity index (χ2n) is 5.68. The van der Waals surface area contributed by atoms with E-state index in [0.29, 0.717) is 12.8 Å². The summed E-state index contributed by atoms with van der Waals surface area (Å²) in [5.74, 6) is 0.556. The van der Waals surface area contributed by atoms with Crippen LogP contribution in [0.1, 0.15) is 18.4 Å². The van der Waals surface area contributed by atoms with Gasteiger partial charge in [0.2, 0.25) is 18.0 Å². The van der Waals surface area contributed by atoms with Gasteiger partial charge in [-0.05, 0) is 41.9 Å². The molecule has 1 fully saturated rings. The average molecular weight is 358 g/mol. The second kappa shape index (κ2) is 8.02. The number of nitrogens with zero attached hydrogens (tertiary/aromatic N) is 1. The number of rotatable bonds is 6. The summed E-state index contributed by atoms with van der Waals surface area (Å²) in [6, 6.07) is 13.2. The Bertz CT molecular complexity index is 764. The van der Waals surface area contributed by atoms with Crippen molar-refractivity contribution in [3.05, 3.63) is 54.2 Å². The number of nitrogens with one attached hydrogen (secondary N) is 2. The molecule has 0 saturated carbocycles. The van der Waals surface area contributed by atoms with Gasteiger partial charge in [0.1, 0.15) is 13.2 Å². The first-order valence-corrected chi connectivity index (χ1v) is 9.01. The van der Waals surface area contributed by atoms with E-state index in [0.717, 1.165) is 22.0 Å². The molecule has 1 aliphatic heterocycles. The number of thioether (sulfide) groups is 1. The number of hydrogen-bond donors (Lipinski definition) is 2. The molecule has 130 valence electrons. The lowest BCUT2D eigenvalue weighted by molar-refractivity contribution is -0.913. The topological polar surface area (TPSA) is 71.3 Å². The largest absolute Gasteiger partial charge is 0.344 e. The Labute approximate surface area is 150 Å². The van der Waals surface area contributed by atoms with Gasteiger partial charge in [-0.2, -0.15) is 0 Å². The first-order chi connectivity index (χ1) is 12.2. The van der Waals surface area contributed by atoms with Crippen LogP contribution in [0.5, 0.6) is 0 Å². The third-order valence-corrected chi connectivity index (χ3v) is 4.99. The molecule has 1 saturated heterocycles. The van der Waals surface area contributed by atoms with Gasteiger partial charge in [0.15, 0.2) is 0 Å². The van der Waals surface area contributed by atoms with Crippen molar-refractivity contribution in [2.24, 2.45) is 0 Å². The minimum atomic E-state index is -0.426. The van der Waals surface area contributed by atoms with Gasteiger partial charge in [-0.3, -0.25) is 14.4 Å². The molecule has 6 nitrogen and oxygen atoms in total. The lowest BCUT2D eigenvalue weighted by Crippen LogP contribution is -2.42. The highest BCUT2D eigenvalue weighted by atomic mass is 32.2. The molecule has 2 N–H and O–H groups in total. The molecule has 0 bridgehead atoms. The monoisotopic (exact) mass is 358 g/mol. The molecular formula is C18H20N3O3S+. The normalized spacial score (nSPS) is 16.4. The highest BCUT2D eigenvalue weighted by molar-refractivity contribution is 7.98. The smallest absolute Gasteiger partial charge is 0.291 e. The maximum Gasteiger partial charge on any atom is 0.291 e. The summed E-state index contributed by atoms with van der Waals surface area (Å²) in [5, 5.41) is 6.52. The highest BCUT2D eigenvalue weighted by Crippen LogP contribution is 2.21. The standard InChI is InChI=1S/C18H19N3O3S/c1-24-21-11-3-2-4-17(21)25-12-13-5-7-14(8-6-13)19-18(23)15-9-10-16(22)20-15/h2-8,11,15H,9-10,12H2,1H3,(H-,19,20,22,23)/p+1. The fourth-order valence-electron chi connectivity index (χ4n) is 2.56. The Balaban J connectivity index is 1.55. The van der Waals surface area contributed by atoms with E-state index in [1.54, 1.807) is 23.6 Å². The second-order valence-corrected chi connectivity index (χ2v) is 6.68. The first-order valence-electron chi connectivity index (χ1n) is 8.03. The van der Waals surface area contributed by atoms with Crippen molar-refractivity contribution >= 4 is 29.3 Å². The molecule has 1 aliphatic rings. The van der Waals surface area contributed by atoms with E-state index in [-0.39, 0.29) is 11.8 Å². The number of aromatic nitrogens is 1. The first kappa shape index (κ1) is 17.3. The van der Waals surface area contributed by atoms with Crippen LogP contribution in [0.2, 0.25) is 0 Å². The third-order valence-electron chi connectivity index (χ3n) is 3.91. The van der Waals surface area contributed by atoms with Crippen LogP contribution in [0.25, 0.3) is 0 Å². The Hall–Kier alpha value is -2.54. The fourth-order valence-corrected chi connectivity index (χ4v) is 3.50. The predicted octanol–water partition coefficient (Wildman–Crippen LogP) is 1.54. The predicted molar refractivity (Wildman–Crippen MR) is 94.9 cm³/mol. The zero-order valence-corrected chi connectivity index (χ0v) is 14.7. The Morgan fingerprint density at radius 2 is 2.12 bits per heavy atom. The molecule has 7 heteroatoms. The van der Waals surface area contributed by atoms with E-state index in [1.807, 2.05) is 48.7 Å². The van der Waals surface area contributed by atoms with Crippen LogP contribution >= 0.6 is 11.8 Å². The van der Waals surface area contributed by atoms with Crippen LogP contribution in [-0.2, 0) is 15.3 Å². The molecule has 3 rings (SSSR count). The van der Waals surface area contributed by atoms with Crippen molar-refractivity contribution < 1.29 is 19.2 Å². The molecule has 2 amide bonds. The Kier molecular flexibility index (Phi) is 5.55. The third kappa shape index (κ3) is 4.51. The molecule has 1 atom stereocenters. The van der Waals surface area contributed by atoms with Crippen LogP contribution in [-0.4, -0.2) is 25.0 Å². The maximum absolute atomic E-state index is 12.1. The summed E-state index contributed by atoms with van der Waals surface area (Å²) in [4.78, 5) is 28.5. The number of anilines is 1. The van der Waals surface area contributed by atoms with E-state index in [2.05, 4.69) is 10.6 Å². The van der Waals surface area contributed by atoms with Crippen molar-refractivity contribution in [2.75, 3.05) is 12.4 Å². The summed E-state index contributed by atoms with van der Waals surface area (Å²) >= 11 is 1.67. The SMILES string of the molecule is CO[n+]1ccccc1SCc1ccc(NC(=O)C2CCC(=O)N2)cc1. The van der Waals surface area contributed by atoms with Gasteiger partial charge in [-0.15, -0.1) is 0 Å². The molecular weight excluding hydrogens is 338 g/mol. The summed E-state index contributed by atoms with van der Waals surface area (Å²) in [6.45, 7) is 0. The number of hydrogen-bond acceptors (Lipinski definition) is 4. The van der Waals surface area contributed by atoms with E-state index in [4.69, 9.17) is 4.84 Å². The molecule has 0 aliphatic carbocycles. The van der Waals surface area contributed by atoms with Crippen LogP contribution in [0, 0.1) is 0 Å². The Morgan fingerprint density at radius 3 is 2.80 bits per heavy atom. The van der Waals surface area contributed by atoms with Gasteiger partial charge in [-0.25, -0.2) is 0 Å². The zero-order chi connectivity index (χ0) is 17.6. The van der Waals surface area contributed by atoms with Crippen LogP contribution in [0.15, 0.2) is 53.7 Å². The lowest BCUT2D eigenvalue weighted by atomic mass is 10.2. The van der Waals surface area contributed by atoms with Crippen molar-refractivity contribution in [1.82, 2.24) is 5.32 Å². The molecule has 0 spiro atoms. The van der Waals surface area contributed by atoms with Crippen molar-refractivity contribution in [1.29, 1.82) is 0 Å². The van der Waals surface area contributed by atoms with Gasteiger partial charge in [0.25, 0.3) is 5.03 Å². The molecule has 1 aromatic carbocycles. The molecule has 2 aromatic rings. The number of benzene rings is 1. The van der Waals surface area contributed by atoms with Gasteiger partial charge in [0, 0.05) is 34.7 Å². The van der Waals surface area contributed by atoms with Crippen molar-refractivity contribution in [3.8, 4) is 0 Å². The summed E-state index contributed by atoms with van der Waals surface area (Å²) in [5.41, 5.74) is 1.87. The summed E-state index contributed by atoms with van der Waals surface area (Å²) < 4.78 is 1.72. The molecule has 1 aromatic heterocycles. The minimum absolute atomic E-state index is 0.0678. The van der Waals surface area contributed by atoms with Crippen molar-refractivity contribution in [3.63, 3.8) is 0 Å². The fraction of sp³-hybridized carbons (Fsp3) is 0.278. The minimum Gasteiger partial charge on any atom is -0.344 e. The average Bonchev–Trinajstić information content (AvgIpc) is 3.08. The summed E-state index contributed by atoms with van der Waals surface area (Å²) in [6.07, 6.45) is 2.83. The van der Waals surface area contributed by atoms with E-state index in [1.165, 1.54) is 0 Å². The van der Waals surface area contributed by atoms with Gasteiger partial charge < -0.3 is 10.6 Å². The molecule has 0 radical (unpaired) electrons. The highest BCUT2D eigenvalue weighted by Gasteiger charge is 2.27. The number of pyridine rings is 1. The quantitative estimate of drug-likeness (QED) is 0.607. The van der Waals surface area contributed by atoms with Gasteiger partial charge >= 0.3 is 0 Å². The molecule has 2 heterocycles. The van der Waals surface area contributed by atoms with Crippen LogP contribution in [0.4, 0.5) is 5.69 Å². The maximum atomic E-state index is 12.1. The van der Waals surface area contributed by atoms with E-state index < -0.39 is 6.04 Å². The number of carbonyl (C=O) groups is 2. The van der Waals surface area contributed by atoms with Gasteiger partial charge in [0.05, 0.1) is 0 Å². The number of carbonyl (C=O) groups excluding carboxylic acids is 2. The van der Waals surface area contributed by atoms with E-state index >= 15 is 0 Å². The van der Waals surface area contributed by atoms with Crippen LogP contribution < -0.4 is 20.2 Å². The lowest BCUT2D eigenvalue weighted by Gasteiger charge is -2.11. The van der Waals surface area contributed by atoms with E-state index in [9.17, 15) is 9.59 Å². The molecule has 1 unspecified atom stereocenters. The number of amides is 2. The van der Waals surface area contributed by atoms with Crippen LogP contribution in [0.3, 0.4) is 0 Å². The van der Waals surface area contributed by atoms with Gasteiger partial charge in [-0.1, -0.05) is 12.1 Å². The zero-order valence-electron chi connectivity index (χ0n) is 13.9. The Morgan fingerprint density at radius 1 is 1.32 bits per heavy atom.